The van der Waals surface area contributed by atoms with Gasteiger partial charge in [0.05, 0.1) is 28.8 Å². The summed E-state index contributed by atoms with van der Waals surface area (Å²) < 4.78 is 30.0. The highest BCUT2D eigenvalue weighted by atomic mass is 19.1. The summed E-state index contributed by atoms with van der Waals surface area (Å²) in [6.45, 7) is -0.0640. The van der Waals surface area contributed by atoms with E-state index in [1.807, 2.05) is 6.07 Å². The van der Waals surface area contributed by atoms with Crippen molar-refractivity contribution in [2.45, 2.75) is 6.54 Å². The summed E-state index contributed by atoms with van der Waals surface area (Å²) in [6, 6.07) is 10.5. The number of aromatic carboxylic acids is 1. The van der Waals surface area contributed by atoms with Crippen LogP contribution in [0.4, 0.5) is 8.78 Å². The molecule has 144 valence electrons. The molecule has 8 heteroatoms. The van der Waals surface area contributed by atoms with Crippen LogP contribution in [0.1, 0.15) is 16.1 Å². The number of halogens is 2. The van der Waals surface area contributed by atoms with E-state index in [0.29, 0.717) is 11.4 Å². The highest BCUT2D eigenvalue weighted by molar-refractivity contribution is 5.93. The molecule has 0 bridgehead atoms. The van der Waals surface area contributed by atoms with Gasteiger partial charge in [-0.15, -0.1) is 0 Å². The molecule has 0 saturated heterocycles. The number of fused-ring (bicyclic) bond motifs is 1. The van der Waals surface area contributed by atoms with E-state index in [1.54, 1.807) is 36.7 Å². The molecule has 0 atom stereocenters. The topological polar surface area (TPSA) is 85.1 Å². The Kier molecular flexibility index (Phi) is 4.59. The van der Waals surface area contributed by atoms with Crippen molar-refractivity contribution in [3.63, 3.8) is 0 Å². The van der Waals surface area contributed by atoms with Crippen LogP contribution in [0.2, 0.25) is 0 Å². The molecule has 0 saturated carbocycles. The predicted molar refractivity (Wildman–Crippen MR) is 102 cm³/mol. The van der Waals surface area contributed by atoms with Crippen LogP contribution in [0.3, 0.4) is 0 Å². The second-order valence-corrected chi connectivity index (χ2v) is 6.31. The fraction of sp³-hybridized carbons (Fsp3) is 0.0476. The van der Waals surface area contributed by atoms with Crippen molar-refractivity contribution in [3.05, 3.63) is 94.2 Å². The van der Waals surface area contributed by atoms with Crippen molar-refractivity contribution >= 4 is 16.9 Å². The minimum atomic E-state index is -1.52. The Balaban J connectivity index is 1.89. The molecule has 4 rings (SSSR count). The molecule has 0 aliphatic heterocycles. The van der Waals surface area contributed by atoms with Crippen LogP contribution in [-0.4, -0.2) is 25.6 Å². The summed E-state index contributed by atoms with van der Waals surface area (Å²) in [7, 11) is 0. The molecule has 4 aromatic rings. The van der Waals surface area contributed by atoms with Gasteiger partial charge >= 0.3 is 5.97 Å². The Labute approximate surface area is 162 Å². The van der Waals surface area contributed by atoms with Crippen LogP contribution in [-0.2, 0) is 6.54 Å². The standard InChI is InChI=1S/C21H13F2N3O3/c22-15-6-7-16(23)19-18(15)20(27)14(21(28)29)11-26(19)10-13-4-1-5-17(25-13)12-3-2-8-24-9-12/h1-9,11H,10H2,(H,28,29). The quantitative estimate of drug-likeness (QED) is 0.574. The third-order valence-corrected chi connectivity index (χ3v) is 4.45. The molecule has 0 spiro atoms. The van der Waals surface area contributed by atoms with Gasteiger partial charge in [0.25, 0.3) is 0 Å². The molecular weight excluding hydrogens is 380 g/mol. The zero-order valence-corrected chi connectivity index (χ0v) is 14.8. The molecule has 0 radical (unpaired) electrons. The highest BCUT2D eigenvalue weighted by Crippen LogP contribution is 2.21. The number of carboxylic acids is 1. The first-order valence-corrected chi connectivity index (χ1v) is 8.56. The van der Waals surface area contributed by atoms with E-state index in [-0.39, 0.29) is 12.1 Å². The number of pyridine rings is 3. The van der Waals surface area contributed by atoms with E-state index in [2.05, 4.69) is 9.97 Å². The molecule has 3 heterocycles. The van der Waals surface area contributed by atoms with Gasteiger partial charge in [-0.3, -0.25) is 14.8 Å². The zero-order valence-electron chi connectivity index (χ0n) is 14.8. The van der Waals surface area contributed by atoms with Crippen LogP contribution in [0.15, 0.2) is 65.8 Å². The monoisotopic (exact) mass is 393 g/mol. The molecular formula is C21H13F2N3O3. The number of rotatable bonds is 4. The molecule has 0 aliphatic rings. The van der Waals surface area contributed by atoms with Crippen LogP contribution in [0.5, 0.6) is 0 Å². The Bertz CT molecular complexity index is 1300. The number of hydrogen-bond acceptors (Lipinski definition) is 4. The SMILES string of the molecule is O=C(O)c1cn(Cc2cccc(-c3cccnc3)n2)c2c(F)ccc(F)c2c1=O. The number of nitrogens with zero attached hydrogens (tertiary/aromatic N) is 3. The van der Waals surface area contributed by atoms with Gasteiger partial charge in [-0.1, -0.05) is 6.07 Å². The molecule has 29 heavy (non-hydrogen) atoms. The van der Waals surface area contributed by atoms with Crippen LogP contribution in [0, 0.1) is 11.6 Å². The molecule has 1 aromatic carbocycles. The largest absolute Gasteiger partial charge is 0.477 e. The van der Waals surface area contributed by atoms with Gasteiger partial charge < -0.3 is 9.67 Å². The van der Waals surface area contributed by atoms with Gasteiger partial charge in [-0.05, 0) is 36.4 Å². The van der Waals surface area contributed by atoms with Crippen molar-refractivity contribution in [1.82, 2.24) is 14.5 Å². The van der Waals surface area contributed by atoms with Gasteiger partial charge in [0, 0.05) is 24.2 Å². The first-order chi connectivity index (χ1) is 14.0. The summed E-state index contributed by atoms with van der Waals surface area (Å²) in [6.07, 6.45) is 4.27. The minimum Gasteiger partial charge on any atom is -0.477 e. The zero-order chi connectivity index (χ0) is 20.5. The summed E-state index contributed by atoms with van der Waals surface area (Å²) >= 11 is 0. The molecule has 3 aromatic heterocycles. The number of carboxylic acid groups (broad SMARTS) is 1. The average Bonchev–Trinajstić information content (AvgIpc) is 2.72. The Morgan fingerprint density at radius 3 is 2.59 bits per heavy atom. The third-order valence-electron chi connectivity index (χ3n) is 4.45. The van der Waals surface area contributed by atoms with E-state index in [0.717, 1.165) is 23.9 Å². The van der Waals surface area contributed by atoms with Gasteiger partial charge in [-0.25, -0.2) is 13.6 Å². The van der Waals surface area contributed by atoms with Crippen molar-refractivity contribution in [2.75, 3.05) is 0 Å². The van der Waals surface area contributed by atoms with E-state index >= 15 is 0 Å². The number of carbonyl (C=O) groups is 1. The Hall–Kier alpha value is -3.94. The lowest BCUT2D eigenvalue weighted by Gasteiger charge is -2.14. The number of aromatic nitrogens is 3. The van der Waals surface area contributed by atoms with Crippen molar-refractivity contribution < 1.29 is 18.7 Å². The van der Waals surface area contributed by atoms with E-state index < -0.39 is 34.0 Å². The maximum atomic E-state index is 14.5. The second-order valence-electron chi connectivity index (χ2n) is 6.31. The lowest BCUT2D eigenvalue weighted by atomic mass is 10.1. The fourth-order valence-corrected chi connectivity index (χ4v) is 3.15. The van der Waals surface area contributed by atoms with E-state index in [1.165, 1.54) is 4.57 Å². The van der Waals surface area contributed by atoms with Gasteiger partial charge in [0.2, 0.25) is 5.43 Å². The molecule has 6 nitrogen and oxygen atoms in total. The van der Waals surface area contributed by atoms with Gasteiger partial charge in [0.1, 0.15) is 17.2 Å². The number of benzene rings is 1. The maximum Gasteiger partial charge on any atom is 0.341 e. The first-order valence-electron chi connectivity index (χ1n) is 8.56. The normalized spacial score (nSPS) is 11.0. The van der Waals surface area contributed by atoms with Crippen LogP contribution in [0.25, 0.3) is 22.2 Å². The summed E-state index contributed by atoms with van der Waals surface area (Å²) in [5, 5.41) is 8.71. The summed E-state index contributed by atoms with van der Waals surface area (Å²) in [5.74, 6) is -3.34. The second kappa shape index (κ2) is 7.23. The molecule has 1 N–H and O–H groups in total. The van der Waals surface area contributed by atoms with Crippen LogP contribution >= 0.6 is 0 Å². The highest BCUT2D eigenvalue weighted by Gasteiger charge is 2.20. The summed E-state index contributed by atoms with van der Waals surface area (Å²) in [4.78, 5) is 32.3. The number of hydrogen-bond donors (Lipinski definition) is 1. The van der Waals surface area contributed by atoms with Crippen LogP contribution < -0.4 is 5.43 Å². The molecule has 0 unspecified atom stereocenters. The fourth-order valence-electron chi connectivity index (χ4n) is 3.15. The molecule has 0 amide bonds. The van der Waals surface area contributed by atoms with Crippen molar-refractivity contribution in [3.8, 4) is 11.3 Å². The van der Waals surface area contributed by atoms with Crippen molar-refractivity contribution in [2.24, 2.45) is 0 Å². The molecule has 0 fully saturated rings. The van der Waals surface area contributed by atoms with Gasteiger partial charge in [-0.2, -0.15) is 0 Å². The minimum absolute atomic E-state index is 0.0640. The molecule has 0 aliphatic carbocycles. The van der Waals surface area contributed by atoms with E-state index in [9.17, 15) is 23.5 Å². The first kappa shape index (κ1) is 18.4. The predicted octanol–water partition coefficient (Wildman–Crippen LogP) is 3.48. The lowest BCUT2D eigenvalue weighted by Crippen LogP contribution is -2.21. The maximum absolute atomic E-state index is 14.5. The van der Waals surface area contributed by atoms with Gasteiger partial charge in [0.15, 0.2) is 0 Å². The Morgan fingerprint density at radius 1 is 1.07 bits per heavy atom. The average molecular weight is 393 g/mol. The van der Waals surface area contributed by atoms with Crippen molar-refractivity contribution in [1.29, 1.82) is 0 Å². The Morgan fingerprint density at radius 2 is 1.86 bits per heavy atom. The summed E-state index contributed by atoms with van der Waals surface area (Å²) in [5.41, 5.74) is -0.179. The smallest absolute Gasteiger partial charge is 0.341 e. The lowest BCUT2D eigenvalue weighted by molar-refractivity contribution is 0.0695. The van der Waals surface area contributed by atoms with E-state index in [4.69, 9.17) is 0 Å². The third kappa shape index (κ3) is 3.36.